The van der Waals surface area contributed by atoms with Crippen molar-refractivity contribution in [3.63, 3.8) is 0 Å². The van der Waals surface area contributed by atoms with E-state index in [2.05, 4.69) is 66.1 Å². The molecule has 1 atom stereocenters. The minimum absolute atomic E-state index is 0.422. The van der Waals surface area contributed by atoms with E-state index in [-0.39, 0.29) is 0 Å². The Kier molecular flexibility index (Phi) is 3.57. The van der Waals surface area contributed by atoms with E-state index in [1.54, 1.807) is 0 Å². The Morgan fingerprint density at radius 1 is 1.11 bits per heavy atom. The Hall–Kier alpha value is -0.990. The minimum Gasteiger partial charge on any atom is -0.290 e. The number of benzene rings is 1. The Balaban J connectivity index is 1.89. The normalized spacial score (nSPS) is 22.4. The van der Waals surface area contributed by atoms with Crippen molar-refractivity contribution >= 4 is 12.6 Å². The van der Waals surface area contributed by atoms with Crippen molar-refractivity contribution in [2.24, 2.45) is 0 Å². The van der Waals surface area contributed by atoms with Gasteiger partial charge in [-0.3, -0.25) is 4.90 Å². The van der Waals surface area contributed by atoms with E-state index in [4.69, 9.17) is 0 Å². The third-order valence-corrected chi connectivity index (χ3v) is 4.04. The molecule has 18 heavy (non-hydrogen) atoms. The van der Waals surface area contributed by atoms with Crippen LogP contribution in [0.3, 0.4) is 0 Å². The van der Waals surface area contributed by atoms with E-state index in [1.165, 1.54) is 24.0 Å². The van der Waals surface area contributed by atoms with Crippen molar-refractivity contribution in [1.29, 1.82) is 0 Å². The van der Waals surface area contributed by atoms with Gasteiger partial charge in [0.1, 0.15) is 0 Å². The lowest BCUT2D eigenvalue weighted by Crippen LogP contribution is -2.49. The quantitative estimate of drug-likeness (QED) is 0.810. The van der Waals surface area contributed by atoms with Gasteiger partial charge in [0.05, 0.1) is 6.04 Å². The van der Waals surface area contributed by atoms with Gasteiger partial charge >= 0.3 is 0 Å². The Morgan fingerprint density at radius 2 is 1.89 bits per heavy atom. The van der Waals surface area contributed by atoms with Crippen LogP contribution < -0.4 is 0 Å². The molecule has 1 unspecified atom stereocenters. The van der Waals surface area contributed by atoms with E-state index in [0.717, 1.165) is 13.1 Å². The molecule has 0 N–H and O–H groups in total. The van der Waals surface area contributed by atoms with Crippen molar-refractivity contribution in [3.05, 3.63) is 59.7 Å². The number of thiol groups is 1. The highest BCUT2D eigenvalue weighted by Crippen LogP contribution is 2.35. The summed E-state index contributed by atoms with van der Waals surface area (Å²) in [7, 11) is 0. The van der Waals surface area contributed by atoms with Crippen LogP contribution in [-0.4, -0.2) is 23.2 Å². The van der Waals surface area contributed by atoms with Crippen molar-refractivity contribution in [2.45, 2.75) is 24.1 Å². The maximum absolute atomic E-state index is 4.54. The minimum atomic E-state index is 0.422. The second kappa shape index (κ2) is 5.33. The van der Waals surface area contributed by atoms with Crippen LogP contribution in [0.2, 0.25) is 0 Å². The molecule has 3 rings (SSSR count). The summed E-state index contributed by atoms with van der Waals surface area (Å²) in [6.45, 7) is 2.18. The zero-order chi connectivity index (χ0) is 12.4. The Bertz CT molecular complexity index is 457. The summed E-state index contributed by atoms with van der Waals surface area (Å²) in [4.78, 5) is 2.52. The molecule has 0 amide bonds. The van der Waals surface area contributed by atoms with Crippen LogP contribution >= 0.6 is 12.6 Å². The molecule has 0 spiro atoms. The summed E-state index contributed by atoms with van der Waals surface area (Å²) in [6, 6.07) is 11.2. The van der Waals surface area contributed by atoms with E-state index >= 15 is 0 Å². The molecule has 0 saturated carbocycles. The van der Waals surface area contributed by atoms with Gasteiger partial charge in [0.2, 0.25) is 0 Å². The maximum Gasteiger partial charge on any atom is 0.0599 e. The topological polar surface area (TPSA) is 3.24 Å². The number of hydrogen-bond acceptors (Lipinski definition) is 2. The van der Waals surface area contributed by atoms with Crippen molar-refractivity contribution in [1.82, 2.24) is 4.90 Å². The first kappa shape index (κ1) is 12.1. The fourth-order valence-corrected chi connectivity index (χ4v) is 3.20. The lowest BCUT2D eigenvalue weighted by Gasteiger charge is -2.43. The maximum atomic E-state index is 4.54. The highest BCUT2D eigenvalue weighted by Gasteiger charge is 2.32. The molecule has 94 valence electrons. The third kappa shape index (κ3) is 2.40. The first-order valence-electron chi connectivity index (χ1n) is 6.68. The van der Waals surface area contributed by atoms with E-state index in [0.29, 0.717) is 11.3 Å². The molecule has 1 aliphatic carbocycles. The highest BCUT2D eigenvalue weighted by atomic mass is 32.1. The van der Waals surface area contributed by atoms with E-state index in [1.807, 2.05) is 0 Å². The van der Waals surface area contributed by atoms with E-state index < -0.39 is 0 Å². The standard InChI is InChI=1S/C16H19NS/c18-15-11-17(12-15)16(13-7-3-1-4-8-13)14-9-5-2-6-10-14/h1,3-5,7-10,15-16,18H,2,6,11-12H2. The van der Waals surface area contributed by atoms with Gasteiger partial charge < -0.3 is 0 Å². The monoisotopic (exact) mass is 257 g/mol. The predicted molar refractivity (Wildman–Crippen MR) is 80.0 cm³/mol. The summed E-state index contributed by atoms with van der Waals surface area (Å²) in [5.74, 6) is 0. The lowest BCUT2D eigenvalue weighted by atomic mass is 9.91. The summed E-state index contributed by atoms with van der Waals surface area (Å²) in [5, 5.41) is 0.546. The van der Waals surface area contributed by atoms with Gasteiger partial charge in [-0.2, -0.15) is 12.6 Å². The molecular formula is C16H19NS. The smallest absolute Gasteiger partial charge is 0.0599 e. The summed E-state index contributed by atoms with van der Waals surface area (Å²) in [6.07, 6.45) is 9.34. The summed E-state index contributed by atoms with van der Waals surface area (Å²) in [5.41, 5.74) is 2.85. The molecular weight excluding hydrogens is 238 g/mol. The van der Waals surface area contributed by atoms with Gasteiger partial charge in [-0.05, 0) is 24.0 Å². The first-order chi connectivity index (χ1) is 8.84. The second-order valence-corrected chi connectivity index (χ2v) is 5.84. The molecule has 0 aromatic heterocycles. The molecule has 1 heterocycles. The molecule has 1 aromatic carbocycles. The molecule has 2 aliphatic rings. The van der Waals surface area contributed by atoms with Gasteiger partial charge in [0, 0.05) is 18.3 Å². The number of nitrogens with zero attached hydrogens (tertiary/aromatic N) is 1. The Morgan fingerprint density at radius 3 is 2.50 bits per heavy atom. The van der Waals surface area contributed by atoms with Crippen LogP contribution in [0.15, 0.2) is 54.1 Å². The van der Waals surface area contributed by atoms with Gasteiger partial charge in [-0.15, -0.1) is 0 Å². The molecule has 0 radical (unpaired) electrons. The molecule has 1 nitrogen and oxygen atoms in total. The zero-order valence-electron chi connectivity index (χ0n) is 10.5. The van der Waals surface area contributed by atoms with Gasteiger partial charge in [0.15, 0.2) is 0 Å². The average Bonchev–Trinajstić information content (AvgIpc) is 2.40. The van der Waals surface area contributed by atoms with Crippen LogP contribution in [0.5, 0.6) is 0 Å². The van der Waals surface area contributed by atoms with Crippen molar-refractivity contribution in [2.75, 3.05) is 13.1 Å². The fraction of sp³-hybridized carbons (Fsp3) is 0.375. The summed E-state index contributed by atoms with van der Waals surface area (Å²) >= 11 is 4.54. The predicted octanol–water partition coefficient (Wildman–Crippen LogP) is 3.62. The SMILES string of the molecule is SC1CN(C(C2=CCCC=C2)c2ccccc2)C1. The lowest BCUT2D eigenvalue weighted by molar-refractivity contribution is 0.149. The largest absolute Gasteiger partial charge is 0.290 e. The van der Waals surface area contributed by atoms with Gasteiger partial charge in [-0.1, -0.05) is 48.6 Å². The Labute approximate surface area is 115 Å². The first-order valence-corrected chi connectivity index (χ1v) is 7.20. The van der Waals surface area contributed by atoms with Crippen LogP contribution in [0, 0.1) is 0 Å². The van der Waals surface area contributed by atoms with E-state index in [9.17, 15) is 0 Å². The number of hydrogen-bond donors (Lipinski definition) is 1. The zero-order valence-corrected chi connectivity index (χ0v) is 11.4. The number of likely N-dealkylation sites (tertiary alicyclic amines) is 1. The molecule has 2 heteroatoms. The van der Waals surface area contributed by atoms with Crippen LogP contribution in [-0.2, 0) is 0 Å². The van der Waals surface area contributed by atoms with Crippen LogP contribution in [0.1, 0.15) is 24.4 Å². The third-order valence-electron chi connectivity index (χ3n) is 3.71. The molecule has 1 aliphatic heterocycles. The fourth-order valence-electron chi connectivity index (χ4n) is 2.78. The molecule has 0 bridgehead atoms. The second-order valence-electron chi connectivity index (χ2n) is 5.10. The summed E-state index contributed by atoms with van der Waals surface area (Å²) < 4.78 is 0. The molecule has 1 saturated heterocycles. The van der Waals surface area contributed by atoms with Gasteiger partial charge in [0.25, 0.3) is 0 Å². The highest BCUT2D eigenvalue weighted by molar-refractivity contribution is 7.81. The van der Waals surface area contributed by atoms with Crippen LogP contribution in [0.4, 0.5) is 0 Å². The van der Waals surface area contributed by atoms with Crippen LogP contribution in [0.25, 0.3) is 0 Å². The molecule has 1 fully saturated rings. The van der Waals surface area contributed by atoms with Crippen molar-refractivity contribution in [3.8, 4) is 0 Å². The average molecular weight is 257 g/mol. The molecule has 1 aromatic rings. The van der Waals surface area contributed by atoms with Gasteiger partial charge in [-0.25, -0.2) is 0 Å². The van der Waals surface area contributed by atoms with Crippen molar-refractivity contribution < 1.29 is 0 Å². The number of rotatable bonds is 3. The number of allylic oxidation sites excluding steroid dienone is 2.